The van der Waals surface area contributed by atoms with E-state index >= 15 is 0 Å². The van der Waals surface area contributed by atoms with E-state index in [1.165, 1.54) is 27.8 Å². The Morgan fingerprint density at radius 3 is 1.71 bits per heavy atom. The summed E-state index contributed by atoms with van der Waals surface area (Å²) in [6.07, 6.45) is 3.34. The molecule has 1 aromatic rings. The number of carbonyl (C=O) groups is 2. The Morgan fingerprint density at radius 1 is 0.714 bits per heavy atom. The normalized spacial score (nSPS) is 17.3. The zero-order valence-corrected chi connectivity index (χ0v) is 16.9. The number of nitrogens with zero attached hydrogens (tertiary/aromatic N) is 3. The van der Waals surface area contributed by atoms with Crippen LogP contribution in [-0.4, -0.2) is 87.2 Å². The van der Waals surface area contributed by atoms with Crippen LogP contribution in [0, 0.1) is 0 Å². The molecule has 28 heavy (non-hydrogen) atoms. The fourth-order valence-corrected chi connectivity index (χ4v) is 3.77. The largest absolute Gasteiger partial charge is 0.493 e. The average Bonchev–Trinajstić information content (AvgIpc) is 2.77. The van der Waals surface area contributed by atoms with Gasteiger partial charge in [0.25, 0.3) is 5.91 Å². The lowest BCUT2D eigenvalue weighted by Gasteiger charge is -2.38. The van der Waals surface area contributed by atoms with Crippen molar-refractivity contribution >= 4 is 11.9 Å². The summed E-state index contributed by atoms with van der Waals surface area (Å²) < 4.78 is 16.0. The number of methoxy groups -OCH3 is 3. The van der Waals surface area contributed by atoms with Crippen molar-refractivity contribution in [2.24, 2.45) is 0 Å². The van der Waals surface area contributed by atoms with Crippen molar-refractivity contribution in [3.8, 4) is 17.2 Å². The maximum Gasteiger partial charge on any atom is 0.320 e. The lowest BCUT2D eigenvalue weighted by atomic mass is 10.1. The number of amides is 3. The van der Waals surface area contributed by atoms with E-state index in [0.29, 0.717) is 49.0 Å². The van der Waals surface area contributed by atoms with Gasteiger partial charge in [0.1, 0.15) is 0 Å². The highest BCUT2D eigenvalue weighted by molar-refractivity contribution is 5.96. The van der Waals surface area contributed by atoms with Gasteiger partial charge in [-0.05, 0) is 31.4 Å². The molecule has 2 saturated heterocycles. The second-order valence-corrected chi connectivity index (χ2v) is 7.02. The van der Waals surface area contributed by atoms with Crippen LogP contribution in [0.5, 0.6) is 17.2 Å². The van der Waals surface area contributed by atoms with E-state index in [1.807, 2.05) is 9.80 Å². The summed E-state index contributed by atoms with van der Waals surface area (Å²) in [7, 11) is 4.58. The Morgan fingerprint density at radius 2 is 1.21 bits per heavy atom. The van der Waals surface area contributed by atoms with Gasteiger partial charge < -0.3 is 28.9 Å². The van der Waals surface area contributed by atoms with Gasteiger partial charge in [0.2, 0.25) is 5.75 Å². The van der Waals surface area contributed by atoms with Crippen molar-refractivity contribution in [1.29, 1.82) is 0 Å². The van der Waals surface area contributed by atoms with Crippen LogP contribution in [0.1, 0.15) is 29.6 Å². The van der Waals surface area contributed by atoms with Gasteiger partial charge in [-0.3, -0.25) is 4.79 Å². The highest BCUT2D eigenvalue weighted by Crippen LogP contribution is 2.38. The van der Waals surface area contributed by atoms with Crippen molar-refractivity contribution in [3.63, 3.8) is 0 Å². The Balaban J connectivity index is 1.66. The first kappa shape index (κ1) is 20.1. The van der Waals surface area contributed by atoms with Crippen LogP contribution in [0.4, 0.5) is 4.79 Å². The van der Waals surface area contributed by atoms with Gasteiger partial charge in [0.15, 0.2) is 11.5 Å². The van der Waals surface area contributed by atoms with Crippen LogP contribution in [0.2, 0.25) is 0 Å². The molecule has 0 N–H and O–H groups in total. The first-order valence-corrected chi connectivity index (χ1v) is 9.72. The molecule has 0 aromatic heterocycles. The van der Waals surface area contributed by atoms with Crippen LogP contribution in [0.25, 0.3) is 0 Å². The molecular weight excluding hydrogens is 362 g/mol. The third-order valence-electron chi connectivity index (χ3n) is 5.38. The second kappa shape index (κ2) is 9.03. The van der Waals surface area contributed by atoms with Gasteiger partial charge in [0.05, 0.1) is 21.3 Å². The van der Waals surface area contributed by atoms with Crippen molar-refractivity contribution < 1.29 is 23.8 Å². The number of hydrogen-bond donors (Lipinski definition) is 0. The molecule has 0 aliphatic carbocycles. The second-order valence-electron chi connectivity index (χ2n) is 7.02. The van der Waals surface area contributed by atoms with E-state index in [-0.39, 0.29) is 11.9 Å². The molecular formula is C20H29N3O5. The Bertz CT molecular complexity index is 685. The number of piperidine rings is 1. The third-order valence-corrected chi connectivity index (χ3v) is 5.38. The molecule has 0 spiro atoms. The molecule has 3 rings (SSSR count). The average molecular weight is 391 g/mol. The highest BCUT2D eigenvalue weighted by atomic mass is 16.5. The molecule has 8 heteroatoms. The summed E-state index contributed by atoms with van der Waals surface area (Å²) in [6.45, 7) is 3.79. The third kappa shape index (κ3) is 4.10. The van der Waals surface area contributed by atoms with Crippen molar-refractivity contribution in [2.75, 3.05) is 60.6 Å². The number of piperazine rings is 1. The van der Waals surface area contributed by atoms with Crippen LogP contribution < -0.4 is 14.2 Å². The fourth-order valence-electron chi connectivity index (χ4n) is 3.77. The summed E-state index contributed by atoms with van der Waals surface area (Å²) in [5, 5.41) is 0. The minimum absolute atomic E-state index is 0.0968. The Hall–Kier alpha value is -2.64. The summed E-state index contributed by atoms with van der Waals surface area (Å²) in [5.74, 6) is 1.25. The smallest absolute Gasteiger partial charge is 0.320 e. The minimum Gasteiger partial charge on any atom is -0.493 e. The van der Waals surface area contributed by atoms with Crippen LogP contribution in [-0.2, 0) is 0 Å². The number of hydrogen-bond acceptors (Lipinski definition) is 5. The molecule has 0 unspecified atom stereocenters. The molecule has 154 valence electrons. The first-order valence-electron chi connectivity index (χ1n) is 9.72. The monoisotopic (exact) mass is 391 g/mol. The lowest BCUT2D eigenvalue weighted by Crippen LogP contribution is -2.54. The molecule has 2 fully saturated rings. The zero-order chi connectivity index (χ0) is 20.1. The van der Waals surface area contributed by atoms with Crippen LogP contribution in [0.15, 0.2) is 12.1 Å². The molecule has 2 heterocycles. The summed E-state index contributed by atoms with van der Waals surface area (Å²) in [4.78, 5) is 31.2. The van der Waals surface area contributed by atoms with Gasteiger partial charge in [-0.15, -0.1) is 0 Å². The van der Waals surface area contributed by atoms with E-state index in [2.05, 4.69) is 0 Å². The predicted molar refractivity (Wildman–Crippen MR) is 104 cm³/mol. The number of likely N-dealkylation sites (tertiary alicyclic amines) is 1. The number of urea groups is 1. The van der Waals surface area contributed by atoms with Gasteiger partial charge in [-0.1, -0.05) is 0 Å². The van der Waals surface area contributed by atoms with Gasteiger partial charge in [-0.2, -0.15) is 0 Å². The van der Waals surface area contributed by atoms with E-state index in [4.69, 9.17) is 14.2 Å². The molecule has 0 saturated carbocycles. The van der Waals surface area contributed by atoms with Crippen molar-refractivity contribution in [2.45, 2.75) is 19.3 Å². The molecule has 2 aliphatic heterocycles. The molecule has 8 nitrogen and oxygen atoms in total. The van der Waals surface area contributed by atoms with Gasteiger partial charge in [0, 0.05) is 44.8 Å². The molecule has 2 aliphatic rings. The first-order chi connectivity index (χ1) is 13.6. The van der Waals surface area contributed by atoms with Crippen molar-refractivity contribution in [3.05, 3.63) is 17.7 Å². The molecule has 0 atom stereocenters. The van der Waals surface area contributed by atoms with Crippen molar-refractivity contribution in [1.82, 2.24) is 14.7 Å². The number of ether oxygens (including phenoxy) is 3. The maximum absolute atomic E-state index is 13.0. The van der Waals surface area contributed by atoms with E-state index in [1.54, 1.807) is 17.0 Å². The quantitative estimate of drug-likeness (QED) is 0.786. The fraction of sp³-hybridized carbons (Fsp3) is 0.600. The van der Waals surface area contributed by atoms with Crippen LogP contribution >= 0.6 is 0 Å². The zero-order valence-electron chi connectivity index (χ0n) is 16.9. The van der Waals surface area contributed by atoms with Gasteiger partial charge in [-0.25, -0.2) is 4.79 Å². The van der Waals surface area contributed by atoms with E-state index in [0.717, 1.165) is 25.9 Å². The molecule has 0 radical (unpaired) electrons. The van der Waals surface area contributed by atoms with Gasteiger partial charge >= 0.3 is 6.03 Å². The van der Waals surface area contributed by atoms with E-state index in [9.17, 15) is 9.59 Å². The predicted octanol–water partition coefficient (Wildman–Crippen LogP) is 2.08. The number of carbonyl (C=O) groups excluding carboxylic acids is 2. The molecule has 3 amide bonds. The lowest BCUT2D eigenvalue weighted by molar-refractivity contribution is 0.0632. The van der Waals surface area contributed by atoms with E-state index < -0.39 is 0 Å². The van der Waals surface area contributed by atoms with Crippen LogP contribution in [0.3, 0.4) is 0 Å². The number of rotatable bonds is 4. The summed E-state index contributed by atoms with van der Waals surface area (Å²) in [5.41, 5.74) is 0.477. The molecule has 0 bridgehead atoms. The summed E-state index contributed by atoms with van der Waals surface area (Å²) in [6, 6.07) is 3.42. The number of benzene rings is 1. The minimum atomic E-state index is -0.107. The molecule has 1 aromatic carbocycles. The highest BCUT2D eigenvalue weighted by Gasteiger charge is 2.29. The summed E-state index contributed by atoms with van der Waals surface area (Å²) >= 11 is 0. The standard InChI is InChI=1S/C20H29N3O5/c1-26-16-13-15(14-17(27-2)18(16)28-3)19(24)21-9-11-23(12-10-21)20(25)22-7-5-4-6-8-22/h13-14H,4-12H2,1-3H3. The topological polar surface area (TPSA) is 71.6 Å². The Labute approximate surface area is 165 Å². The Kier molecular flexibility index (Phi) is 6.49. The SMILES string of the molecule is COc1cc(C(=O)N2CCN(C(=O)N3CCCCC3)CC2)cc(OC)c1OC. The maximum atomic E-state index is 13.0.